The second kappa shape index (κ2) is 15.5. The zero-order chi connectivity index (χ0) is 27.2. The van der Waals surface area contributed by atoms with E-state index in [1.165, 1.54) is 93.5 Å². The van der Waals surface area contributed by atoms with Gasteiger partial charge in [0.1, 0.15) is 0 Å². The molecule has 0 bridgehead atoms. The molecule has 0 nitrogen and oxygen atoms in total. The Kier molecular flexibility index (Phi) is 13.1. The van der Waals surface area contributed by atoms with E-state index in [2.05, 4.69) is 133 Å². The molecule has 0 saturated heterocycles. The second-order valence-electron chi connectivity index (χ2n) is 10.3. The third-order valence-corrected chi connectivity index (χ3v) is 8.62. The fourth-order valence-electron chi connectivity index (χ4n) is 4.50. The van der Waals surface area contributed by atoms with E-state index in [0.29, 0.717) is 0 Å². The number of benzene rings is 4. The summed E-state index contributed by atoms with van der Waals surface area (Å²) in [5.74, 6) is 0. The number of fused-ring (bicyclic) bond motifs is 3. The van der Waals surface area contributed by atoms with Crippen LogP contribution in [0.5, 0.6) is 0 Å². The van der Waals surface area contributed by atoms with Gasteiger partial charge in [-0.25, -0.2) is 12.2 Å². The molecule has 0 radical (unpaired) electrons. The molecule has 6 rings (SSSR count). The summed E-state index contributed by atoms with van der Waals surface area (Å²) in [6, 6.07) is 29.1. The Hall–Kier alpha value is -2.44. The summed E-state index contributed by atoms with van der Waals surface area (Å²) in [5.41, 5.74) is 10.8. The first kappa shape index (κ1) is 33.8. The quantitative estimate of drug-likeness (QED) is 0.258. The van der Waals surface area contributed by atoms with Crippen molar-refractivity contribution in [3.8, 4) is 0 Å². The van der Waals surface area contributed by atoms with Gasteiger partial charge in [-0.2, -0.15) is 6.08 Å². The van der Waals surface area contributed by atoms with E-state index < -0.39 is 0 Å². The van der Waals surface area contributed by atoms with E-state index in [4.69, 9.17) is 0 Å². The summed E-state index contributed by atoms with van der Waals surface area (Å²) >= 11 is 1.46. The number of aryl methyl sites for hydroxylation is 6. The molecular formula is C37H36Cl2Zr-2. The number of halogens is 2. The molecule has 0 amide bonds. The summed E-state index contributed by atoms with van der Waals surface area (Å²) in [5, 5.41) is 5.53. The molecule has 0 atom stereocenters. The van der Waals surface area contributed by atoms with Gasteiger partial charge in [0.25, 0.3) is 0 Å². The Balaban J connectivity index is 0.000000229. The molecule has 0 unspecified atom stereocenters. The molecule has 0 aromatic heterocycles. The number of hydrogen-bond donors (Lipinski definition) is 0. The van der Waals surface area contributed by atoms with Crippen molar-refractivity contribution in [1.29, 1.82) is 0 Å². The van der Waals surface area contributed by atoms with Gasteiger partial charge in [-0.15, -0.1) is 46.2 Å². The molecular weight excluding hydrogens is 607 g/mol. The van der Waals surface area contributed by atoms with E-state index in [1.807, 2.05) is 12.2 Å². The molecule has 5 aromatic carbocycles. The molecule has 0 spiro atoms. The summed E-state index contributed by atoms with van der Waals surface area (Å²) in [6.07, 6.45) is 10.0. The van der Waals surface area contributed by atoms with Gasteiger partial charge in [0.15, 0.2) is 0 Å². The van der Waals surface area contributed by atoms with Gasteiger partial charge < -0.3 is 24.8 Å². The molecule has 1 aliphatic carbocycles. The zero-order valence-corrected chi connectivity index (χ0v) is 28.2. The van der Waals surface area contributed by atoms with Gasteiger partial charge in [0, 0.05) is 0 Å². The maximum atomic E-state index is 2.99. The van der Waals surface area contributed by atoms with Crippen molar-refractivity contribution in [2.75, 3.05) is 0 Å². The summed E-state index contributed by atoms with van der Waals surface area (Å²) in [6.45, 7) is 13.0. The molecule has 5 aromatic rings. The van der Waals surface area contributed by atoms with Crippen molar-refractivity contribution in [2.24, 2.45) is 0 Å². The van der Waals surface area contributed by atoms with Crippen LogP contribution in [-0.4, -0.2) is 3.21 Å². The molecule has 0 saturated carbocycles. The van der Waals surface area contributed by atoms with Crippen molar-refractivity contribution in [3.05, 3.63) is 148 Å². The Morgan fingerprint density at radius 3 is 1.35 bits per heavy atom. The summed E-state index contributed by atoms with van der Waals surface area (Å²) < 4.78 is 1.42. The molecule has 3 heteroatoms. The van der Waals surface area contributed by atoms with Crippen LogP contribution < -0.4 is 24.8 Å². The third kappa shape index (κ3) is 8.53. The Morgan fingerprint density at radius 1 is 0.625 bits per heavy atom. The first-order chi connectivity index (χ1) is 18.2. The summed E-state index contributed by atoms with van der Waals surface area (Å²) in [4.78, 5) is 0. The molecule has 1 aliphatic rings. The predicted molar refractivity (Wildman–Crippen MR) is 163 cm³/mol. The third-order valence-electron chi connectivity index (χ3n) is 7.20. The smallest absolute Gasteiger partial charge is 0.109 e. The molecule has 0 heterocycles. The van der Waals surface area contributed by atoms with Gasteiger partial charge in [0.05, 0.1) is 0 Å². The van der Waals surface area contributed by atoms with Gasteiger partial charge in [-0.1, -0.05) is 34.4 Å². The fraction of sp³-hybridized carbons (Fsp3) is 0.189. The predicted octanol–water partition coefficient (Wildman–Crippen LogP) is 3.68. The number of allylic oxidation sites excluding steroid dienone is 4. The standard InChI is InChI=1S/C17H17.C15H14.C5H5.2ClH.Zr/c1-10-5-14-9-15-6-11(2)13(4)8-17(15)16(14)7-12(10)3;1-12-3-7-14(8-4-12)11-15-9-5-13(2)6-10-15;1-2-4-5-3-1;;;/h5-9H,1-4H3;3-10H,1-2H3;1-3H,4H2;2*1H;/q-1;;-1;;;+2/p-2. The van der Waals surface area contributed by atoms with E-state index in [1.54, 1.807) is 0 Å². The summed E-state index contributed by atoms with van der Waals surface area (Å²) in [7, 11) is 0. The average Bonchev–Trinajstić information content (AvgIpc) is 3.58. The minimum Gasteiger partial charge on any atom is -1.00 e. The van der Waals surface area contributed by atoms with Crippen LogP contribution in [-0.2, 0) is 24.2 Å². The van der Waals surface area contributed by atoms with Crippen LogP contribution in [0.3, 0.4) is 0 Å². The van der Waals surface area contributed by atoms with Crippen LogP contribution in [0.15, 0.2) is 97.1 Å². The van der Waals surface area contributed by atoms with Crippen LogP contribution >= 0.6 is 0 Å². The van der Waals surface area contributed by atoms with E-state index in [-0.39, 0.29) is 24.8 Å². The normalized spacial score (nSPS) is 11.2. The SMILES string of the molecule is Cc1cc2[cH-]c3cc(C)c(C)cc3c2cc1C.Cc1ccc([C](=[Zr+2])c2ccc(C)cc2)cc1.[C-]1=CC=CC1.[Cl-].[Cl-]. The van der Waals surface area contributed by atoms with E-state index in [0.717, 1.165) is 6.42 Å². The van der Waals surface area contributed by atoms with Crippen LogP contribution in [0.1, 0.15) is 50.9 Å². The maximum Gasteiger partial charge on any atom is -0.109 e. The molecule has 0 aliphatic heterocycles. The van der Waals surface area contributed by atoms with Gasteiger partial charge in [0.2, 0.25) is 0 Å². The van der Waals surface area contributed by atoms with E-state index >= 15 is 0 Å². The Bertz CT molecular complexity index is 1510. The number of rotatable bonds is 2. The minimum atomic E-state index is 0. The van der Waals surface area contributed by atoms with Crippen LogP contribution in [0.4, 0.5) is 0 Å². The van der Waals surface area contributed by atoms with Crippen LogP contribution in [0, 0.1) is 47.6 Å². The molecule has 0 N–H and O–H groups in total. The zero-order valence-electron chi connectivity index (χ0n) is 24.2. The molecule has 204 valence electrons. The van der Waals surface area contributed by atoms with Crippen LogP contribution in [0.2, 0.25) is 0 Å². The molecule has 40 heavy (non-hydrogen) atoms. The minimum absolute atomic E-state index is 0. The average molecular weight is 643 g/mol. The largest absolute Gasteiger partial charge is 1.00 e. The first-order valence-corrected chi connectivity index (χ1v) is 14.5. The van der Waals surface area contributed by atoms with Crippen molar-refractivity contribution in [3.63, 3.8) is 0 Å². The van der Waals surface area contributed by atoms with Crippen molar-refractivity contribution in [1.82, 2.24) is 0 Å². The van der Waals surface area contributed by atoms with Crippen molar-refractivity contribution < 1.29 is 49.0 Å². The fourth-order valence-corrected chi connectivity index (χ4v) is 5.32. The topological polar surface area (TPSA) is 0 Å². The Morgan fingerprint density at radius 2 is 1.02 bits per heavy atom. The molecule has 0 fully saturated rings. The second-order valence-corrected chi connectivity index (χ2v) is 11.5. The van der Waals surface area contributed by atoms with Gasteiger partial charge in [-0.3, -0.25) is 6.08 Å². The van der Waals surface area contributed by atoms with Gasteiger partial charge in [-0.05, 0) is 27.7 Å². The van der Waals surface area contributed by atoms with Crippen molar-refractivity contribution >= 4 is 24.8 Å². The first-order valence-electron chi connectivity index (χ1n) is 13.2. The number of hydrogen-bond acceptors (Lipinski definition) is 0. The van der Waals surface area contributed by atoms with Gasteiger partial charge >= 0.3 is 112 Å². The monoisotopic (exact) mass is 640 g/mol. The van der Waals surface area contributed by atoms with E-state index in [9.17, 15) is 0 Å². The van der Waals surface area contributed by atoms with Crippen molar-refractivity contribution in [2.45, 2.75) is 48.0 Å². The Labute approximate surface area is 267 Å². The maximum absolute atomic E-state index is 2.99. The van der Waals surface area contributed by atoms with Crippen LogP contribution in [0.25, 0.3) is 21.5 Å².